The molecule has 178 valence electrons. The summed E-state index contributed by atoms with van der Waals surface area (Å²) in [5.41, 5.74) is 12.9. The van der Waals surface area contributed by atoms with Crippen LogP contribution in [0.5, 0.6) is 11.6 Å². The van der Waals surface area contributed by atoms with E-state index >= 15 is 0 Å². The van der Waals surface area contributed by atoms with E-state index in [9.17, 15) is 0 Å². The summed E-state index contributed by atoms with van der Waals surface area (Å²) in [5.74, 6) is 13.9. The predicted molar refractivity (Wildman–Crippen MR) is 147 cm³/mol. The minimum Gasteiger partial charge on any atom is -0.438 e. The number of pyridine rings is 3. The minimum atomic E-state index is -0.723. The summed E-state index contributed by atoms with van der Waals surface area (Å²) in [5, 5.41) is 0.540. The molecule has 2 aliphatic rings. The molecule has 6 rings (SSSR count). The third kappa shape index (κ3) is 4.00. The molecule has 1 unspecified atom stereocenters. The van der Waals surface area contributed by atoms with Crippen molar-refractivity contribution in [2.45, 2.75) is 19.4 Å². The second kappa shape index (κ2) is 9.13. The first-order valence-corrected chi connectivity index (χ1v) is 12.7. The van der Waals surface area contributed by atoms with Crippen LogP contribution in [-0.4, -0.2) is 25.9 Å². The molecule has 0 saturated heterocycles. The van der Waals surface area contributed by atoms with E-state index in [1.54, 1.807) is 18.6 Å². The molecule has 3 aromatic heterocycles. The number of fused-ring (bicyclic) bond motifs is 4. The number of ether oxygens (including phenoxy) is 1. The summed E-state index contributed by atoms with van der Waals surface area (Å²) >= 11 is 1.53. The molecule has 0 radical (unpaired) electrons. The maximum absolute atomic E-state index is 6.30. The highest BCUT2D eigenvalue weighted by Gasteiger charge is 2.46. The molecule has 0 amide bonds. The van der Waals surface area contributed by atoms with E-state index in [1.165, 1.54) is 11.8 Å². The van der Waals surface area contributed by atoms with E-state index in [4.69, 9.17) is 20.4 Å². The number of nitrogens with two attached hydrogens (primary N) is 1. The molecule has 1 aromatic carbocycles. The Morgan fingerprint density at radius 3 is 2.11 bits per heavy atom. The summed E-state index contributed by atoms with van der Waals surface area (Å²) in [6, 6.07) is 12.2. The maximum Gasteiger partial charge on any atom is 0.225 e. The van der Waals surface area contributed by atoms with Gasteiger partial charge in [-0.15, -0.1) is 11.8 Å². The number of hydrogen-bond acceptors (Lipinski definition) is 7. The Hall–Kier alpha value is -4.59. The summed E-state index contributed by atoms with van der Waals surface area (Å²) in [6.07, 6.45) is 8.97. The maximum atomic E-state index is 6.30. The van der Waals surface area contributed by atoms with Crippen molar-refractivity contribution in [3.05, 3.63) is 89.6 Å². The number of aliphatic imine (C=N–C) groups is 1. The summed E-state index contributed by atoms with van der Waals surface area (Å²) in [4.78, 5) is 18.4. The van der Waals surface area contributed by atoms with Gasteiger partial charge in [0.2, 0.25) is 5.88 Å². The van der Waals surface area contributed by atoms with Gasteiger partial charge in [0.05, 0.1) is 0 Å². The molecule has 5 heterocycles. The Morgan fingerprint density at radius 1 is 0.811 bits per heavy atom. The van der Waals surface area contributed by atoms with Gasteiger partial charge >= 0.3 is 0 Å². The molecule has 0 fully saturated rings. The minimum absolute atomic E-state index is 0.530. The highest BCUT2D eigenvalue weighted by molar-refractivity contribution is 8.14. The zero-order chi connectivity index (χ0) is 25.4. The molecule has 1 spiro atoms. The second-order valence-electron chi connectivity index (χ2n) is 8.66. The Bertz CT molecular complexity index is 1610. The van der Waals surface area contributed by atoms with Gasteiger partial charge in [0.1, 0.15) is 11.3 Å². The van der Waals surface area contributed by atoms with Crippen LogP contribution >= 0.6 is 11.8 Å². The SMILES string of the molecule is CC#Cc1cncc(-c2ccc3c(c2)C2(CSC(N)=N2)c2cc(-c4cncc(C#CC)c4)cnc2O3)c1. The van der Waals surface area contributed by atoms with Crippen molar-refractivity contribution < 1.29 is 4.74 Å². The first-order valence-electron chi connectivity index (χ1n) is 11.7. The van der Waals surface area contributed by atoms with Crippen LogP contribution in [-0.2, 0) is 5.54 Å². The van der Waals surface area contributed by atoms with Crippen LogP contribution in [0.2, 0.25) is 0 Å². The molecule has 0 aliphatic carbocycles. The van der Waals surface area contributed by atoms with Crippen LogP contribution in [0, 0.1) is 23.7 Å². The van der Waals surface area contributed by atoms with E-state index < -0.39 is 5.54 Å². The lowest BCUT2D eigenvalue weighted by atomic mass is 9.81. The molecule has 1 atom stereocenters. The molecule has 7 heteroatoms. The summed E-state index contributed by atoms with van der Waals surface area (Å²) in [7, 11) is 0. The van der Waals surface area contributed by atoms with E-state index in [0.29, 0.717) is 16.8 Å². The fraction of sp³-hybridized carbons (Fsp3) is 0.133. The predicted octanol–water partition coefficient (Wildman–Crippen LogP) is 5.36. The van der Waals surface area contributed by atoms with Crippen LogP contribution in [0.1, 0.15) is 36.1 Å². The van der Waals surface area contributed by atoms with E-state index in [1.807, 2.05) is 50.5 Å². The van der Waals surface area contributed by atoms with Crippen LogP contribution in [0.3, 0.4) is 0 Å². The summed E-state index contributed by atoms with van der Waals surface area (Å²) < 4.78 is 6.30. The van der Waals surface area contributed by atoms with Gasteiger partial charge in [0.15, 0.2) is 5.17 Å². The van der Waals surface area contributed by atoms with Gasteiger partial charge < -0.3 is 10.5 Å². The Balaban J connectivity index is 1.51. The monoisotopic (exact) mass is 499 g/mol. The third-order valence-electron chi connectivity index (χ3n) is 6.34. The average Bonchev–Trinajstić information content (AvgIpc) is 3.31. The number of amidine groups is 1. The zero-order valence-electron chi connectivity index (χ0n) is 20.2. The van der Waals surface area contributed by atoms with Crippen molar-refractivity contribution in [2.75, 3.05) is 5.75 Å². The lowest BCUT2D eigenvalue weighted by Gasteiger charge is -2.34. The summed E-state index contributed by atoms with van der Waals surface area (Å²) in [6.45, 7) is 3.62. The van der Waals surface area contributed by atoms with Crippen molar-refractivity contribution >= 4 is 16.9 Å². The smallest absolute Gasteiger partial charge is 0.225 e. The molecular formula is C30H21N5OS. The molecule has 2 N–H and O–H groups in total. The van der Waals surface area contributed by atoms with Gasteiger partial charge in [-0.05, 0) is 49.7 Å². The van der Waals surface area contributed by atoms with Crippen molar-refractivity contribution in [1.82, 2.24) is 15.0 Å². The molecule has 0 bridgehead atoms. The highest BCUT2D eigenvalue weighted by atomic mass is 32.2. The van der Waals surface area contributed by atoms with E-state index in [0.717, 1.165) is 50.3 Å². The molecule has 2 aliphatic heterocycles. The van der Waals surface area contributed by atoms with Crippen LogP contribution in [0.4, 0.5) is 0 Å². The van der Waals surface area contributed by atoms with Crippen molar-refractivity contribution in [2.24, 2.45) is 10.7 Å². The van der Waals surface area contributed by atoms with Gasteiger partial charge in [-0.3, -0.25) is 9.97 Å². The molecular weight excluding hydrogens is 478 g/mol. The Kier molecular flexibility index (Phi) is 5.64. The number of thioether (sulfide) groups is 1. The Labute approximate surface area is 219 Å². The molecule has 0 saturated carbocycles. The normalized spacial score (nSPS) is 16.9. The van der Waals surface area contributed by atoms with E-state index in [-0.39, 0.29) is 0 Å². The van der Waals surface area contributed by atoms with E-state index in [2.05, 4.69) is 45.8 Å². The molecule has 37 heavy (non-hydrogen) atoms. The van der Waals surface area contributed by atoms with Crippen molar-refractivity contribution in [3.8, 4) is 57.6 Å². The van der Waals surface area contributed by atoms with Crippen LogP contribution in [0.15, 0.2) is 72.4 Å². The van der Waals surface area contributed by atoms with Gasteiger partial charge in [-0.25, -0.2) is 9.98 Å². The van der Waals surface area contributed by atoms with Crippen molar-refractivity contribution in [1.29, 1.82) is 0 Å². The highest BCUT2D eigenvalue weighted by Crippen LogP contribution is 2.53. The lowest BCUT2D eigenvalue weighted by molar-refractivity contribution is 0.400. The van der Waals surface area contributed by atoms with Gasteiger partial charge in [-0.1, -0.05) is 29.7 Å². The second-order valence-corrected chi connectivity index (χ2v) is 9.66. The van der Waals surface area contributed by atoms with Crippen LogP contribution < -0.4 is 10.5 Å². The van der Waals surface area contributed by atoms with Gasteiger partial charge in [0.25, 0.3) is 0 Å². The molecule has 6 nitrogen and oxygen atoms in total. The first kappa shape index (κ1) is 22.8. The molecule has 4 aromatic rings. The average molecular weight is 500 g/mol. The van der Waals surface area contributed by atoms with Crippen LogP contribution in [0.25, 0.3) is 22.3 Å². The van der Waals surface area contributed by atoms with Gasteiger partial charge in [0, 0.05) is 75.7 Å². The zero-order valence-corrected chi connectivity index (χ0v) is 21.1. The number of aromatic nitrogens is 3. The number of rotatable bonds is 2. The lowest BCUT2D eigenvalue weighted by Crippen LogP contribution is -2.30. The third-order valence-corrected chi connectivity index (χ3v) is 7.29. The van der Waals surface area contributed by atoms with Crippen molar-refractivity contribution in [3.63, 3.8) is 0 Å². The number of benzene rings is 1. The fourth-order valence-electron chi connectivity index (χ4n) is 4.69. The number of hydrogen-bond donors (Lipinski definition) is 1. The number of nitrogens with zero attached hydrogens (tertiary/aromatic N) is 4. The quantitative estimate of drug-likeness (QED) is 0.374. The fourth-order valence-corrected chi connectivity index (χ4v) is 5.64. The first-order chi connectivity index (χ1) is 18.1. The standard InChI is InChI=1S/C30H21N5OS/c1-3-5-19-9-22(15-32-13-19)21-7-8-27-25(11-21)30(18-37-29(31)35-30)26-12-24(17-34-28(26)36-27)23-10-20(6-4-2)14-33-16-23/h7-17H,18H2,1-2H3,(H2,31,35). The van der Waals surface area contributed by atoms with Gasteiger partial charge in [-0.2, -0.15) is 0 Å². The topological polar surface area (TPSA) is 86.3 Å². The Morgan fingerprint density at radius 2 is 1.46 bits per heavy atom. The largest absolute Gasteiger partial charge is 0.438 e.